The van der Waals surface area contributed by atoms with Crippen LogP contribution >= 0.6 is 0 Å². The van der Waals surface area contributed by atoms with Crippen molar-refractivity contribution < 1.29 is 4.39 Å². The van der Waals surface area contributed by atoms with E-state index in [-0.39, 0.29) is 11.9 Å². The first-order valence-electron chi connectivity index (χ1n) is 7.15. The predicted molar refractivity (Wildman–Crippen MR) is 72.5 cm³/mol. The maximum Gasteiger partial charge on any atom is 0.151 e. The number of hydrogen-bond donors (Lipinski definition) is 1. The van der Waals surface area contributed by atoms with Crippen LogP contribution in [0, 0.1) is 11.7 Å². The number of para-hydroxylation sites is 1. The summed E-state index contributed by atoms with van der Waals surface area (Å²) in [6.07, 6.45) is 3.55. The highest BCUT2D eigenvalue weighted by Crippen LogP contribution is 2.42. The number of imidazole rings is 1. The van der Waals surface area contributed by atoms with Crippen molar-refractivity contribution in [2.75, 3.05) is 6.54 Å². The molecule has 1 saturated heterocycles. The van der Waals surface area contributed by atoms with Gasteiger partial charge in [-0.2, -0.15) is 0 Å². The summed E-state index contributed by atoms with van der Waals surface area (Å²) >= 11 is 0. The number of rotatable bonds is 2. The Hall–Kier alpha value is -1.42. The van der Waals surface area contributed by atoms with E-state index in [9.17, 15) is 4.39 Å². The van der Waals surface area contributed by atoms with Gasteiger partial charge in [0.1, 0.15) is 11.3 Å². The van der Waals surface area contributed by atoms with E-state index >= 15 is 0 Å². The molecule has 1 aromatic carbocycles. The van der Waals surface area contributed by atoms with E-state index in [0.29, 0.717) is 17.5 Å². The summed E-state index contributed by atoms with van der Waals surface area (Å²) < 4.78 is 16.2. The van der Waals surface area contributed by atoms with Gasteiger partial charge in [0, 0.05) is 6.04 Å². The van der Waals surface area contributed by atoms with Crippen molar-refractivity contribution in [3.05, 3.63) is 29.8 Å². The Morgan fingerprint density at radius 2 is 2.16 bits per heavy atom. The van der Waals surface area contributed by atoms with Gasteiger partial charge in [-0.05, 0) is 43.9 Å². The molecule has 0 spiro atoms. The Bertz CT molecular complexity index is 630. The molecule has 1 aromatic heterocycles. The number of nitrogens with zero attached hydrogens (tertiary/aromatic N) is 2. The van der Waals surface area contributed by atoms with Crippen LogP contribution < -0.4 is 5.32 Å². The fourth-order valence-corrected chi connectivity index (χ4v) is 3.22. The Morgan fingerprint density at radius 1 is 1.32 bits per heavy atom. The van der Waals surface area contributed by atoms with Crippen LogP contribution in [-0.4, -0.2) is 16.1 Å². The van der Waals surface area contributed by atoms with Crippen LogP contribution in [-0.2, 0) is 0 Å². The van der Waals surface area contributed by atoms with Crippen LogP contribution in [0.15, 0.2) is 18.2 Å². The molecule has 2 unspecified atom stereocenters. The van der Waals surface area contributed by atoms with Gasteiger partial charge in [0.2, 0.25) is 0 Å². The lowest BCUT2D eigenvalue weighted by Gasteiger charge is -2.17. The fraction of sp³-hybridized carbons (Fsp3) is 0.533. The highest BCUT2D eigenvalue weighted by molar-refractivity contribution is 5.77. The molecule has 4 heteroatoms. The second kappa shape index (κ2) is 4.04. The minimum absolute atomic E-state index is 0.205. The first-order valence-corrected chi connectivity index (χ1v) is 7.15. The van der Waals surface area contributed by atoms with Crippen LogP contribution in [0.3, 0.4) is 0 Å². The van der Waals surface area contributed by atoms with Crippen LogP contribution in [0.25, 0.3) is 11.0 Å². The molecule has 3 nitrogen and oxygen atoms in total. The first-order chi connectivity index (χ1) is 9.25. The molecule has 0 bridgehead atoms. The van der Waals surface area contributed by atoms with Crippen LogP contribution in [0.4, 0.5) is 4.39 Å². The highest BCUT2D eigenvalue weighted by Gasteiger charge is 2.35. The van der Waals surface area contributed by atoms with Crippen molar-refractivity contribution in [2.45, 2.75) is 38.3 Å². The van der Waals surface area contributed by atoms with Gasteiger partial charge in [-0.15, -0.1) is 0 Å². The van der Waals surface area contributed by atoms with Crippen molar-refractivity contribution in [1.29, 1.82) is 0 Å². The van der Waals surface area contributed by atoms with Crippen molar-refractivity contribution >= 4 is 11.0 Å². The molecule has 1 N–H and O–H groups in total. The molecule has 0 amide bonds. The maximum atomic E-state index is 14.0. The average molecular weight is 259 g/mol. The minimum Gasteiger partial charge on any atom is -0.323 e. The minimum atomic E-state index is -0.205. The topological polar surface area (TPSA) is 29.9 Å². The molecular formula is C15H18FN3. The van der Waals surface area contributed by atoms with Gasteiger partial charge in [0.15, 0.2) is 5.82 Å². The number of fused-ring (bicyclic) bond motifs is 1. The molecule has 2 fully saturated rings. The molecule has 2 aromatic rings. The summed E-state index contributed by atoms with van der Waals surface area (Å²) in [4.78, 5) is 4.63. The molecule has 1 saturated carbocycles. The summed E-state index contributed by atoms with van der Waals surface area (Å²) in [5.41, 5.74) is 1.49. The number of nitrogens with one attached hydrogen (secondary N) is 1. The fourth-order valence-electron chi connectivity index (χ4n) is 3.22. The Balaban J connectivity index is 1.93. The molecule has 2 atom stereocenters. The van der Waals surface area contributed by atoms with Crippen molar-refractivity contribution in [3.63, 3.8) is 0 Å². The summed E-state index contributed by atoms with van der Waals surface area (Å²) in [6, 6.07) is 6.08. The molecule has 100 valence electrons. The van der Waals surface area contributed by atoms with Gasteiger partial charge >= 0.3 is 0 Å². The lowest BCUT2D eigenvalue weighted by atomic mass is 10.0. The summed E-state index contributed by atoms with van der Waals surface area (Å²) in [5.74, 6) is 1.40. The summed E-state index contributed by atoms with van der Waals surface area (Å²) in [7, 11) is 0. The molecular weight excluding hydrogens is 241 g/mol. The standard InChI is InChI=1S/C15H18FN3/c1-9-7-8-17-13(9)15-18-14-11(16)3-2-4-12(14)19(15)10-5-6-10/h2-4,9-10,13,17H,5-8H2,1H3. The number of aromatic nitrogens is 2. The SMILES string of the molecule is CC1CCNC1c1nc2c(F)cccc2n1C1CC1. The van der Waals surface area contributed by atoms with Crippen molar-refractivity contribution in [1.82, 2.24) is 14.9 Å². The van der Waals surface area contributed by atoms with E-state index < -0.39 is 0 Å². The first kappa shape index (κ1) is 11.4. The molecule has 2 aliphatic rings. The summed E-state index contributed by atoms with van der Waals surface area (Å²) in [5, 5.41) is 3.52. The maximum absolute atomic E-state index is 14.0. The van der Waals surface area contributed by atoms with Crippen LogP contribution in [0.5, 0.6) is 0 Å². The monoisotopic (exact) mass is 259 g/mol. The molecule has 0 radical (unpaired) electrons. The van der Waals surface area contributed by atoms with Gasteiger partial charge < -0.3 is 9.88 Å². The normalized spacial score (nSPS) is 27.3. The second-order valence-corrected chi connectivity index (χ2v) is 5.88. The average Bonchev–Trinajstić information content (AvgIpc) is 3.02. The zero-order chi connectivity index (χ0) is 13.0. The quantitative estimate of drug-likeness (QED) is 0.897. The molecule has 1 aliphatic heterocycles. The van der Waals surface area contributed by atoms with Crippen molar-refractivity contribution in [3.8, 4) is 0 Å². The van der Waals surface area contributed by atoms with E-state index in [2.05, 4.69) is 21.8 Å². The van der Waals surface area contributed by atoms with Gasteiger partial charge in [0.05, 0.1) is 11.6 Å². The zero-order valence-electron chi connectivity index (χ0n) is 11.1. The van der Waals surface area contributed by atoms with E-state index in [1.54, 1.807) is 6.07 Å². The highest BCUT2D eigenvalue weighted by atomic mass is 19.1. The molecule has 19 heavy (non-hydrogen) atoms. The second-order valence-electron chi connectivity index (χ2n) is 5.88. The smallest absolute Gasteiger partial charge is 0.151 e. The lowest BCUT2D eigenvalue weighted by molar-refractivity contribution is 0.459. The third kappa shape index (κ3) is 1.70. The lowest BCUT2D eigenvalue weighted by Crippen LogP contribution is -2.21. The molecule has 2 heterocycles. The Labute approximate surface area is 111 Å². The number of benzene rings is 1. The number of hydrogen-bond acceptors (Lipinski definition) is 2. The van der Waals surface area contributed by atoms with Gasteiger partial charge in [0.25, 0.3) is 0 Å². The van der Waals surface area contributed by atoms with E-state index in [1.807, 2.05) is 6.07 Å². The van der Waals surface area contributed by atoms with Gasteiger partial charge in [-0.3, -0.25) is 0 Å². The predicted octanol–water partition coefficient (Wildman–Crippen LogP) is 3.18. The van der Waals surface area contributed by atoms with E-state index in [1.165, 1.54) is 25.3 Å². The van der Waals surface area contributed by atoms with Crippen molar-refractivity contribution in [2.24, 2.45) is 5.92 Å². The van der Waals surface area contributed by atoms with Crippen LogP contribution in [0.1, 0.15) is 44.1 Å². The zero-order valence-corrected chi connectivity index (χ0v) is 11.1. The Kier molecular flexibility index (Phi) is 2.42. The van der Waals surface area contributed by atoms with E-state index in [0.717, 1.165) is 17.9 Å². The van der Waals surface area contributed by atoms with Gasteiger partial charge in [-0.1, -0.05) is 13.0 Å². The van der Waals surface area contributed by atoms with Crippen LogP contribution in [0.2, 0.25) is 0 Å². The Morgan fingerprint density at radius 3 is 2.84 bits per heavy atom. The third-order valence-electron chi connectivity index (χ3n) is 4.42. The number of halogens is 1. The summed E-state index contributed by atoms with van der Waals surface area (Å²) in [6.45, 7) is 3.28. The third-order valence-corrected chi connectivity index (χ3v) is 4.42. The largest absolute Gasteiger partial charge is 0.323 e. The van der Waals surface area contributed by atoms with E-state index in [4.69, 9.17) is 0 Å². The van der Waals surface area contributed by atoms with Gasteiger partial charge in [-0.25, -0.2) is 9.37 Å². The molecule has 1 aliphatic carbocycles. The molecule has 4 rings (SSSR count).